The first-order valence-electron chi connectivity index (χ1n) is 11.2. The molecule has 0 aliphatic carbocycles. The Kier molecular flexibility index (Phi) is 6.85. The van der Waals surface area contributed by atoms with Gasteiger partial charge in [-0.15, -0.1) is 0 Å². The van der Waals surface area contributed by atoms with E-state index in [9.17, 15) is 4.79 Å². The zero-order valence-electron chi connectivity index (χ0n) is 20.6. The lowest BCUT2D eigenvalue weighted by atomic mass is 10.1. The van der Waals surface area contributed by atoms with Crippen LogP contribution in [0.1, 0.15) is 45.0 Å². The Morgan fingerprint density at radius 1 is 1.06 bits per heavy atom. The van der Waals surface area contributed by atoms with Gasteiger partial charge in [0.1, 0.15) is 30.1 Å². The minimum atomic E-state index is -0.134. The molecule has 3 heterocycles. The fraction of sp³-hybridized carbons (Fsp3) is 0.375. The van der Waals surface area contributed by atoms with Crippen molar-refractivity contribution < 1.29 is 19.0 Å². The Hall–Kier alpha value is -4.15. The zero-order valence-corrected chi connectivity index (χ0v) is 20.6. The maximum atomic E-state index is 11.1. The molecular formula is C24H29N7O4. The Morgan fingerprint density at radius 2 is 1.77 bits per heavy atom. The molecule has 0 saturated heterocycles. The predicted octanol–water partition coefficient (Wildman–Crippen LogP) is 4.05. The number of fused-ring (bicyclic) bond motifs is 1. The summed E-state index contributed by atoms with van der Waals surface area (Å²) in [6.45, 7) is 6.00. The second-order valence-corrected chi connectivity index (χ2v) is 8.33. The first-order valence-corrected chi connectivity index (χ1v) is 11.2. The molecule has 0 aliphatic heterocycles. The molecule has 1 unspecified atom stereocenters. The molecule has 0 fully saturated rings. The molecule has 0 radical (unpaired) electrons. The van der Waals surface area contributed by atoms with Gasteiger partial charge in [-0.05, 0) is 13.8 Å². The van der Waals surface area contributed by atoms with Crippen molar-refractivity contribution in [3.8, 4) is 22.9 Å². The Labute approximate surface area is 203 Å². The van der Waals surface area contributed by atoms with E-state index in [2.05, 4.69) is 15.4 Å². The average Bonchev–Trinajstić information content (AvgIpc) is 3.50. The summed E-state index contributed by atoms with van der Waals surface area (Å²) in [5.41, 5.74) is 1.48. The van der Waals surface area contributed by atoms with E-state index in [0.717, 1.165) is 17.4 Å². The molecule has 1 N–H and O–H groups in total. The number of ether oxygens (including phenoxy) is 3. The number of carbonyl (C=O) groups is 1. The number of carbonyl (C=O) groups excluding carboxylic acids is 1. The van der Waals surface area contributed by atoms with Crippen LogP contribution in [0.25, 0.3) is 16.7 Å². The lowest BCUT2D eigenvalue weighted by molar-refractivity contribution is -0.108. The van der Waals surface area contributed by atoms with Crippen molar-refractivity contribution in [1.29, 1.82) is 0 Å². The quantitative estimate of drug-likeness (QED) is 0.336. The highest BCUT2D eigenvalue weighted by molar-refractivity contribution is 5.88. The lowest BCUT2D eigenvalue weighted by Gasteiger charge is -2.14. The first kappa shape index (κ1) is 24.0. The van der Waals surface area contributed by atoms with Crippen LogP contribution in [0.5, 0.6) is 17.2 Å². The largest absolute Gasteiger partial charge is 0.493 e. The number of nitrogens with zero attached hydrogens (tertiary/aromatic N) is 6. The number of aromatic nitrogens is 6. The molecule has 35 heavy (non-hydrogen) atoms. The third-order valence-electron chi connectivity index (χ3n) is 5.63. The molecule has 0 spiro atoms. The van der Waals surface area contributed by atoms with Gasteiger partial charge in [0.25, 0.3) is 0 Å². The number of nitrogens with one attached hydrogen (secondary N) is 1. The van der Waals surface area contributed by atoms with Crippen LogP contribution in [0.15, 0.2) is 30.9 Å². The highest BCUT2D eigenvalue weighted by Gasteiger charge is 2.19. The van der Waals surface area contributed by atoms with E-state index in [1.165, 1.54) is 0 Å². The molecule has 11 nitrogen and oxygen atoms in total. The third kappa shape index (κ3) is 4.61. The van der Waals surface area contributed by atoms with Crippen LogP contribution < -0.4 is 19.5 Å². The van der Waals surface area contributed by atoms with Gasteiger partial charge in [-0.3, -0.25) is 0 Å². The molecule has 0 saturated carbocycles. The highest BCUT2D eigenvalue weighted by atomic mass is 16.5. The van der Waals surface area contributed by atoms with Gasteiger partial charge in [0.15, 0.2) is 17.1 Å². The normalized spacial score (nSPS) is 12.1. The summed E-state index contributed by atoms with van der Waals surface area (Å²) in [7, 11) is 4.71. The van der Waals surface area contributed by atoms with Crippen molar-refractivity contribution in [3.05, 3.63) is 36.7 Å². The zero-order chi connectivity index (χ0) is 25.1. The molecular weight excluding hydrogens is 450 g/mol. The number of hydrogen-bond acceptors (Lipinski definition) is 9. The van der Waals surface area contributed by atoms with E-state index < -0.39 is 0 Å². The Balaban J connectivity index is 1.73. The van der Waals surface area contributed by atoms with Gasteiger partial charge >= 0.3 is 0 Å². The average molecular weight is 480 g/mol. The van der Waals surface area contributed by atoms with Crippen molar-refractivity contribution in [2.75, 3.05) is 26.6 Å². The molecule has 1 atom stereocenters. The Bertz CT molecular complexity index is 1320. The number of anilines is 2. The maximum Gasteiger partial charge on any atom is 0.203 e. The molecule has 3 aromatic heterocycles. The van der Waals surface area contributed by atoms with E-state index in [4.69, 9.17) is 24.2 Å². The summed E-state index contributed by atoms with van der Waals surface area (Å²) in [4.78, 5) is 25.0. The topological polar surface area (TPSA) is 118 Å². The first-order chi connectivity index (χ1) is 16.9. The fourth-order valence-electron chi connectivity index (χ4n) is 3.75. The van der Waals surface area contributed by atoms with Crippen LogP contribution >= 0.6 is 0 Å². The van der Waals surface area contributed by atoms with E-state index >= 15 is 0 Å². The van der Waals surface area contributed by atoms with E-state index in [-0.39, 0.29) is 12.0 Å². The minimum absolute atomic E-state index is 0.115. The predicted molar refractivity (Wildman–Crippen MR) is 131 cm³/mol. The van der Waals surface area contributed by atoms with Crippen LogP contribution in [-0.2, 0) is 4.79 Å². The summed E-state index contributed by atoms with van der Waals surface area (Å²) in [6, 6.07) is 3.78. The second kappa shape index (κ2) is 10.00. The molecule has 184 valence electrons. The van der Waals surface area contributed by atoms with E-state index in [0.29, 0.717) is 46.8 Å². The summed E-state index contributed by atoms with van der Waals surface area (Å²) in [5, 5.41) is 8.55. The van der Waals surface area contributed by atoms with Gasteiger partial charge in [0.05, 0.1) is 44.8 Å². The summed E-state index contributed by atoms with van der Waals surface area (Å²) in [5.74, 6) is 3.17. The van der Waals surface area contributed by atoms with Crippen molar-refractivity contribution in [3.63, 3.8) is 0 Å². The number of methoxy groups -OCH3 is 3. The second-order valence-electron chi connectivity index (χ2n) is 8.33. The summed E-state index contributed by atoms with van der Waals surface area (Å²) < 4.78 is 20.0. The van der Waals surface area contributed by atoms with Gasteiger partial charge in [0.2, 0.25) is 5.75 Å². The monoisotopic (exact) mass is 479 g/mol. The van der Waals surface area contributed by atoms with Crippen LogP contribution in [-0.4, -0.2) is 56.9 Å². The number of imidazole rings is 1. The van der Waals surface area contributed by atoms with Crippen LogP contribution in [0, 0.1) is 0 Å². The summed E-state index contributed by atoms with van der Waals surface area (Å²) in [6.07, 6.45) is 6.45. The van der Waals surface area contributed by atoms with Crippen molar-refractivity contribution in [2.24, 2.45) is 0 Å². The highest BCUT2D eigenvalue weighted by Crippen LogP contribution is 2.39. The lowest BCUT2D eigenvalue weighted by Crippen LogP contribution is -2.09. The number of rotatable bonds is 10. The van der Waals surface area contributed by atoms with Gasteiger partial charge in [-0.2, -0.15) is 5.10 Å². The Morgan fingerprint density at radius 3 is 2.37 bits per heavy atom. The van der Waals surface area contributed by atoms with E-state index in [1.807, 2.05) is 48.3 Å². The minimum Gasteiger partial charge on any atom is -0.493 e. The van der Waals surface area contributed by atoms with Crippen LogP contribution in [0.4, 0.5) is 11.6 Å². The van der Waals surface area contributed by atoms with Gasteiger partial charge in [-0.1, -0.05) is 6.92 Å². The summed E-state index contributed by atoms with van der Waals surface area (Å²) >= 11 is 0. The van der Waals surface area contributed by atoms with Crippen molar-refractivity contribution in [2.45, 2.75) is 39.2 Å². The molecule has 4 aromatic rings. The molecule has 4 rings (SSSR count). The molecule has 0 amide bonds. The fourth-order valence-corrected chi connectivity index (χ4v) is 3.75. The molecule has 1 aromatic carbocycles. The number of benzene rings is 1. The van der Waals surface area contributed by atoms with Gasteiger partial charge in [0, 0.05) is 30.5 Å². The van der Waals surface area contributed by atoms with Crippen LogP contribution in [0.2, 0.25) is 0 Å². The van der Waals surface area contributed by atoms with Gasteiger partial charge in [-0.25, -0.2) is 19.6 Å². The standard InChI is InChI=1S/C24H29N7O4/c1-14(2)31-24-17(11-26-31)23(28-22(29-24)15(3)7-8-32)27-20-12-30(13-25-20)16-9-18(33-4)21(35-6)19(10-16)34-5/h8-15H,7H2,1-6H3,(H,27,28,29). The third-order valence-corrected chi connectivity index (χ3v) is 5.63. The van der Waals surface area contributed by atoms with Crippen molar-refractivity contribution in [1.82, 2.24) is 29.3 Å². The van der Waals surface area contributed by atoms with E-state index in [1.54, 1.807) is 33.9 Å². The SMILES string of the molecule is COc1cc(-n2cnc(Nc3nc(C(C)CC=O)nc4c3cnn4C(C)C)c2)cc(OC)c1OC. The van der Waals surface area contributed by atoms with Gasteiger partial charge < -0.3 is 28.9 Å². The van der Waals surface area contributed by atoms with Crippen molar-refractivity contribution >= 4 is 29.0 Å². The number of aldehydes is 1. The molecule has 11 heteroatoms. The molecule has 0 bridgehead atoms. The van der Waals surface area contributed by atoms with Crippen LogP contribution in [0.3, 0.4) is 0 Å². The smallest absolute Gasteiger partial charge is 0.203 e. The number of hydrogen-bond donors (Lipinski definition) is 1. The molecule has 0 aliphatic rings. The maximum absolute atomic E-state index is 11.1.